The SMILES string of the molecule is COc1ccc(CN2CCN(Cc3cc(C)on3)CC2)cc1Br. The average molecular weight is 380 g/mol. The number of methoxy groups -OCH3 is 1. The summed E-state index contributed by atoms with van der Waals surface area (Å²) in [6, 6.07) is 8.31. The van der Waals surface area contributed by atoms with Gasteiger partial charge >= 0.3 is 0 Å². The van der Waals surface area contributed by atoms with Crippen molar-refractivity contribution in [3.63, 3.8) is 0 Å². The van der Waals surface area contributed by atoms with Gasteiger partial charge in [-0.05, 0) is 40.5 Å². The number of benzene rings is 1. The number of hydrogen-bond donors (Lipinski definition) is 0. The van der Waals surface area contributed by atoms with Crippen molar-refractivity contribution in [3.05, 3.63) is 45.8 Å². The van der Waals surface area contributed by atoms with E-state index in [1.807, 2.05) is 19.1 Å². The molecular formula is C17H22BrN3O2. The van der Waals surface area contributed by atoms with Crippen LogP contribution >= 0.6 is 15.9 Å². The third kappa shape index (κ3) is 4.34. The number of ether oxygens (including phenoxy) is 1. The number of piperazine rings is 1. The van der Waals surface area contributed by atoms with Gasteiger partial charge in [0.15, 0.2) is 0 Å². The average Bonchev–Trinajstić information content (AvgIpc) is 2.95. The molecule has 6 heteroatoms. The van der Waals surface area contributed by atoms with Gasteiger partial charge in [-0.3, -0.25) is 9.80 Å². The van der Waals surface area contributed by atoms with Gasteiger partial charge in [-0.15, -0.1) is 0 Å². The lowest BCUT2D eigenvalue weighted by atomic mass is 10.2. The molecule has 1 aromatic heterocycles. The van der Waals surface area contributed by atoms with E-state index < -0.39 is 0 Å². The van der Waals surface area contributed by atoms with E-state index in [0.717, 1.165) is 60.9 Å². The van der Waals surface area contributed by atoms with Crippen molar-refractivity contribution in [1.82, 2.24) is 15.0 Å². The Balaban J connectivity index is 1.50. The summed E-state index contributed by atoms with van der Waals surface area (Å²) in [5, 5.41) is 4.08. The van der Waals surface area contributed by atoms with E-state index in [0.29, 0.717) is 0 Å². The minimum Gasteiger partial charge on any atom is -0.496 e. The second-order valence-electron chi connectivity index (χ2n) is 5.95. The number of halogens is 1. The molecule has 2 aromatic rings. The Bertz CT molecular complexity index is 651. The monoisotopic (exact) mass is 379 g/mol. The predicted molar refractivity (Wildman–Crippen MR) is 92.5 cm³/mol. The predicted octanol–water partition coefficient (Wildman–Crippen LogP) is 3.07. The van der Waals surface area contributed by atoms with Gasteiger partial charge in [-0.2, -0.15) is 0 Å². The molecule has 0 saturated carbocycles. The van der Waals surface area contributed by atoms with E-state index in [-0.39, 0.29) is 0 Å². The highest BCUT2D eigenvalue weighted by atomic mass is 79.9. The summed E-state index contributed by atoms with van der Waals surface area (Å²) in [4.78, 5) is 4.91. The standard InChI is InChI=1S/C17H22BrN3O2/c1-13-9-15(19-23-13)12-21-7-5-20(6-8-21)11-14-3-4-17(22-2)16(18)10-14/h3-4,9-10H,5-8,11-12H2,1-2H3. The number of nitrogens with zero attached hydrogens (tertiary/aromatic N) is 3. The van der Waals surface area contributed by atoms with Gasteiger partial charge in [0.2, 0.25) is 0 Å². The molecule has 1 aliphatic rings. The fourth-order valence-electron chi connectivity index (χ4n) is 2.89. The molecular weight excluding hydrogens is 358 g/mol. The van der Waals surface area contributed by atoms with Crippen LogP contribution in [0.25, 0.3) is 0 Å². The van der Waals surface area contributed by atoms with Crippen LogP contribution in [0.4, 0.5) is 0 Å². The highest BCUT2D eigenvalue weighted by molar-refractivity contribution is 9.10. The van der Waals surface area contributed by atoms with Gasteiger partial charge in [0.05, 0.1) is 17.3 Å². The summed E-state index contributed by atoms with van der Waals surface area (Å²) < 4.78 is 11.4. The number of hydrogen-bond acceptors (Lipinski definition) is 5. The minimum atomic E-state index is 0.874. The third-order valence-corrected chi connectivity index (χ3v) is 4.77. The molecule has 23 heavy (non-hydrogen) atoms. The lowest BCUT2D eigenvalue weighted by Gasteiger charge is -2.34. The van der Waals surface area contributed by atoms with Gasteiger partial charge in [-0.25, -0.2) is 0 Å². The van der Waals surface area contributed by atoms with E-state index in [1.54, 1.807) is 7.11 Å². The van der Waals surface area contributed by atoms with Crippen molar-refractivity contribution < 1.29 is 9.26 Å². The molecule has 0 N–H and O–H groups in total. The van der Waals surface area contributed by atoms with Gasteiger partial charge < -0.3 is 9.26 Å². The van der Waals surface area contributed by atoms with Gasteiger partial charge in [0, 0.05) is 45.3 Å². The van der Waals surface area contributed by atoms with Crippen LogP contribution in [-0.4, -0.2) is 48.2 Å². The summed E-state index contributed by atoms with van der Waals surface area (Å²) in [5.41, 5.74) is 2.33. The van der Waals surface area contributed by atoms with Crippen LogP contribution < -0.4 is 4.74 Å². The Labute approximate surface area is 145 Å². The second kappa shape index (κ2) is 7.47. The molecule has 0 atom stereocenters. The first-order chi connectivity index (χ1) is 11.1. The fraction of sp³-hybridized carbons (Fsp3) is 0.471. The van der Waals surface area contributed by atoms with Crippen molar-refractivity contribution in [2.24, 2.45) is 0 Å². The highest BCUT2D eigenvalue weighted by Crippen LogP contribution is 2.26. The zero-order valence-corrected chi connectivity index (χ0v) is 15.2. The Morgan fingerprint density at radius 1 is 1.13 bits per heavy atom. The molecule has 0 amide bonds. The van der Waals surface area contributed by atoms with E-state index in [4.69, 9.17) is 9.26 Å². The van der Waals surface area contributed by atoms with Crippen molar-refractivity contribution in [3.8, 4) is 5.75 Å². The molecule has 2 heterocycles. The summed E-state index contributed by atoms with van der Waals surface area (Å²) in [6.07, 6.45) is 0. The van der Waals surface area contributed by atoms with E-state index in [1.165, 1.54) is 5.56 Å². The van der Waals surface area contributed by atoms with Crippen molar-refractivity contribution in [2.75, 3.05) is 33.3 Å². The Morgan fingerprint density at radius 2 is 1.83 bits per heavy atom. The van der Waals surface area contributed by atoms with E-state index >= 15 is 0 Å². The summed E-state index contributed by atoms with van der Waals surface area (Å²) in [7, 11) is 1.69. The Kier molecular flexibility index (Phi) is 5.35. The van der Waals surface area contributed by atoms with E-state index in [2.05, 4.69) is 43.0 Å². The summed E-state index contributed by atoms with van der Waals surface area (Å²) in [5.74, 6) is 1.75. The topological polar surface area (TPSA) is 41.7 Å². The maximum atomic E-state index is 5.28. The summed E-state index contributed by atoms with van der Waals surface area (Å²) in [6.45, 7) is 8.04. The molecule has 1 aromatic carbocycles. The number of aryl methyl sites for hydroxylation is 1. The Morgan fingerprint density at radius 3 is 2.39 bits per heavy atom. The van der Waals surface area contributed by atoms with Gasteiger partial charge in [0.25, 0.3) is 0 Å². The lowest BCUT2D eigenvalue weighted by Crippen LogP contribution is -2.45. The number of aromatic nitrogens is 1. The molecule has 1 saturated heterocycles. The molecule has 0 radical (unpaired) electrons. The maximum Gasteiger partial charge on any atom is 0.133 e. The van der Waals surface area contributed by atoms with Crippen LogP contribution in [0.5, 0.6) is 5.75 Å². The maximum absolute atomic E-state index is 5.28. The minimum absolute atomic E-state index is 0.874. The lowest BCUT2D eigenvalue weighted by molar-refractivity contribution is 0.120. The molecule has 1 fully saturated rings. The molecule has 124 valence electrons. The normalized spacial score (nSPS) is 16.7. The van der Waals surface area contributed by atoms with Crippen LogP contribution in [0.3, 0.4) is 0 Å². The smallest absolute Gasteiger partial charge is 0.133 e. The quantitative estimate of drug-likeness (QED) is 0.798. The van der Waals surface area contributed by atoms with Crippen LogP contribution in [0, 0.1) is 6.92 Å². The zero-order valence-electron chi connectivity index (χ0n) is 13.6. The van der Waals surface area contributed by atoms with Gasteiger partial charge in [-0.1, -0.05) is 11.2 Å². The first kappa shape index (κ1) is 16.5. The molecule has 0 unspecified atom stereocenters. The third-order valence-electron chi connectivity index (χ3n) is 4.15. The molecule has 3 rings (SSSR count). The Hall–Kier alpha value is -1.37. The van der Waals surface area contributed by atoms with Crippen LogP contribution in [0.1, 0.15) is 17.0 Å². The molecule has 0 spiro atoms. The van der Waals surface area contributed by atoms with E-state index in [9.17, 15) is 0 Å². The molecule has 0 aliphatic carbocycles. The number of rotatable bonds is 5. The molecule has 0 bridgehead atoms. The van der Waals surface area contributed by atoms with Gasteiger partial charge in [0.1, 0.15) is 11.5 Å². The largest absolute Gasteiger partial charge is 0.496 e. The van der Waals surface area contributed by atoms with Crippen LogP contribution in [-0.2, 0) is 13.1 Å². The highest BCUT2D eigenvalue weighted by Gasteiger charge is 2.18. The first-order valence-electron chi connectivity index (χ1n) is 7.83. The molecule has 1 aliphatic heterocycles. The van der Waals surface area contributed by atoms with Crippen molar-refractivity contribution >= 4 is 15.9 Å². The fourth-order valence-corrected chi connectivity index (χ4v) is 3.48. The van der Waals surface area contributed by atoms with Crippen LogP contribution in [0.15, 0.2) is 33.3 Å². The van der Waals surface area contributed by atoms with Crippen LogP contribution in [0.2, 0.25) is 0 Å². The molecule has 5 nitrogen and oxygen atoms in total. The van der Waals surface area contributed by atoms with Crippen molar-refractivity contribution in [1.29, 1.82) is 0 Å². The second-order valence-corrected chi connectivity index (χ2v) is 6.80. The van der Waals surface area contributed by atoms with Crippen molar-refractivity contribution in [2.45, 2.75) is 20.0 Å². The first-order valence-corrected chi connectivity index (χ1v) is 8.62. The zero-order chi connectivity index (χ0) is 16.2. The summed E-state index contributed by atoms with van der Waals surface area (Å²) >= 11 is 3.55.